The highest BCUT2D eigenvalue weighted by atomic mass is 35.5. The minimum absolute atomic E-state index is 0.174. The molecular weight excluding hydrogens is 528 g/mol. The Balaban J connectivity index is 1.67. The van der Waals surface area contributed by atoms with Crippen LogP contribution in [0.3, 0.4) is 0 Å². The van der Waals surface area contributed by atoms with Crippen molar-refractivity contribution in [1.29, 1.82) is 0 Å². The van der Waals surface area contributed by atoms with Gasteiger partial charge in [0.05, 0.1) is 40.3 Å². The number of rotatable bonds is 10. The third-order valence-electron chi connectivity index (χ3n) is 5.13. The topological polar surface area (TPSA) is 108 Å². The SMILES string of the molecule is Cc1cc(-c2cn(COCC[Si](C)(C)C)c(=Nc3cnc(CO)cn3)s2)nc(Oc2ccccc2Cl)n1. The number of benzene rings is 1. The molecule has 0 aliphatic carbocycles. The fraction of sp³-hybridized carbons (Fsp3) is 0.320. The van der Waals surface area contributed by atoms with E-state index >= 15 is 0 Å². The first-order chi connectivity index (χ1) is 17.7. The lowest BCUT2D eigenvalue weighted by molar-refractivity contribution is 0.0855. The fourth-order valence-electron chi connectivity index (χ4n) is 3.14. The summed E-state index contributed by atoms with van der Waals surface area (Å²) in [5.74, 6) is 0.918. The lowest BCUT2D eigenvalue weighted by atomic mass is 10.3. The summed E-state index contributed by atoms with van der Waals surface area (Å²) in [6.07, 6.45) is 4.99. The highest BCUT2D eigenvalue weighted by molar-refractivity contribution is 7.12. The van der Waals surface area contributed by atoms with Crippen molar-refractivity contribution >= 4 is 36.8 Å². The van der Waals surface area contributed by atoms with E-state index in [1.807, 2.05) is 35.9 Å². The normalized spacial score (nSPS) is 12.2. The van der Waals surface area contributed by atoms with E-state index in [4.69, 9.17) is 21.1 Å². The second-order valence-corrected chi connectivity index (χ2v) is 16.6. The van der Waals surface area contributed by atoms with E-state index in [2.05, 4.69) is 44.6 Å². The number of aromatic nitrogens is 5. The highest BCUT2D eigenvalue weighted by Crippen LogP contribution is 2.29. The highest BCUT2D eigenvalue weighted by Gasteiger charge is 2.14. The largest absolute Gasteiger partial charge is 0.423 e. The summed E-state index contributed by atoms with van der Waals surface area (Å²) in [6.45, 7) is 9.70. The Bertz CT molecular complexity index is 1420. The standard InChI is InChI=1S/C25H29ClN6O3SSi/c1-17-11-20(30-24(29-17)35-21-8-6-5-7-19(21)26)22-14-32(16-34-9-10-37(2,3)4)25(36-22)31-23-13-27-18(15-33)12-28-23/h5-8,11-14,33H,9-10,15-16H2,1-4H3. The molecule has 0 amide bonds. The zero-order chi connectivity index (χ0) is 26.4. The van der Waals surface area contributed by atoms with Crippen molar-refractivity contribution in [3.63, 3.8) is 0 Å². The third kappa shape index (κ3) is 7.76. The number of thiazole rings is 1. The van der Waals surface area contributed by atoms with E-state index in [0.29, 0.717) is 46.1 Å². The molecule has 1 N–H and O–H groups in total. The van der Waals surface area contributed by atoms with Gasteiger partial charge in [-0.3, -0.25) is 9.55 Å². The van der Waals surface area contributed by atoms with Crippen molar-refractivity contribution in [2.45, 2.75) is 45.9 Å². The first-order valence-corrected chi connectivity index (χ1v) is 16.6. The summed E-state index contributed by atoms with van der Waals surface area (Å²) < 4.78 is 13.8. The van der Waals surface area contributed by atoms with Crippen molar-refractivity contribution in [2.75, 3.05) is 6.61 Å². The summed E-state index contributed by atoms with van der Waals surface area (Å²) in [6, 6.07) is 10.4. The smallest absolute Gasteiger partial charge is 0.322 e. The minimum Gasteiger partial charge on any atom is -0.423 e. The molecule has 1 aromatic carbocycles. The van der Waals surface area contributed by atoms with Crippen LogP contribution in [0.5, 0.6) is 11.8 Å². The molecule has 4 aromatic rings. The number of halogens is 1. The molecule has 0 radical (unpaired) electrons. The second kappa shape index (κ2) is 12.1. The van der Waals surface area contributed by atoms with Gasteiger partial charge in [0.1, 0.15) is 12.5 Å². The average Bonchev–Trinajstić information content (AvgIpc) is 3.25. The average molecular weight is 557 g/mol. The molecule has 0 fully saturated rings. The monoisotopic (exact) mass is 556 g/mol. The summed E-state index contributed by atoms with van der Waals surface area (Å²) in [7, 11) is -1.21. The zero-order valence-corrected chi connectivity index (χ0v) is 23.8. The molecule has 194 valence electrons. The molecule has 0 aliphatic heterocycles. The Labute approximate surface area is 225 Å². The Kier molecular flexibility index (Phi) is 8.82. The molecule has 4 rings (SSSR count). The molecule has 0 atom stereocenters. The van der Waals surface area contributed by atoms with Crippen molar-refractivity contribution in [3.8, 4) is 22.3 Å². The van der Waals surface area contributed by atoms with Crippen molar-refractivity contribution in [2.24, 2.45) is 4.99 Å². The number of ether oxygens (including phenoxy) is 2. The van der Waals surface area contributed by atoms with Gasteiger partial charge in [-0.1, -0.05) is 54.7 Å². The Morgan fingerprint density at radius 2 is 1.95 bits per heavy atom. The summed E-state index contributed by atoms with van der Waals surface area (Å²) >= 11 is 7.69. The fourth-order valence-corrected chi connectivity index (χ4v) is 5.02. The first-order valence-electron chi connectivity index (χ1n) is 11.7. The maximum absolute atomic E-state index is 9.24. The number of para-hydroxylation sites is 1. The van der Waals surface area contributed by atoms with E-state index in [1.165, 1.54) is 23.7 Å². The van der Waals surface area contributed by atoms with Crippen LogP contribution < -0.4 is 9.54 Å². The zero-order valence-electron chi connectivity index (χ0n) is 21.2. The molecule has 9 nitrogen and oxygen atoms in total. The Morgan fingerprint density at radius 3 is 2.65 bits per heavy atom. The van der Waals surface area contributed by atoms with Crippen LogP contribution in [0.4, 0.5) is 5.82 Å². The van der Waals surface area contributed by atoms with Gasteiger partial charge in [0.2, 0.25) is 0 Å². The van der Waals surface area contributed by atoms with Crippen molar-refractivity contribution in [1.82, 2.24) is 24.5 Å². The van der Waals surface area contributed by atoms with Crippen LogP contribution >= 0.6 is 22.9 Å². The van der Waals surface area contributed by atoms with Gasteiger partial charge >= 0.3 is 6.01 Å². The molecule has 0 bridgehead atoms. The summed E-state index contributed by atoms with van der Waals surface area (Å²) in [5.41, 5.74) is 1.93. The molecule has 12 heteroatoms. The molecule has 37 heavy (non-hydrogen) atoms. The van der Waals surface area contributed by atoms with Crippen LogP contribution in [0, 0.1) is 6.92 Å². The van der Waals surface area contributed by atoms with Gasteiger partial charge in [-0.2, -0.15) is 9.98 Å². The van der Waals surface area contributed by atoms with Gasteiger partial charge in [0.25, 0.3) is 0 Å². The van der Waals surface area contributed by atoms with Crippen LogP contribution in [0.2, 0.25) is 30.7 Å². The quantitative estimate of drug-likeness (QED) is 0.200. The summed E-state index contributed by atoms with van der Waals surface area (Å²) in [5, 5.41) is 9.72. The van der Waals surface area contributed by atoms with Gasteiger partial charge in [0.15, 0.2) is 10.6 Å². The molecule has 0 unspecified atom stereocenters. The number of aliphatic hydroxyl groups is 1. The molecule has 0 aliphatic rings. The van der Waals surface area contributed by atoms with Gasteiger partial charge < -0.3 is 14.6 Å². The number of aliphatic hydroxyl groups excluding tert-OH is 1. The second-order valence-electron chi connectivity index (χ2n) is 9.54. The lowest BCUT2D eigenvalue weighted by Gasteiger charge is -2.15. The minimum atomic E-state index is -1.21. The Hall–Kier alpha value is -2.96. The van der Waals surface area contributed by atoms with Gasteiger partial charge in [-0.25, -0.2) is 9.97 Å². The molecule has 0 spiro atoms. The Morgan fingerprint density at radius 1 is 1.14 bits per heavy atom. The predicted octanol–water partition coefficient (Wildman–Crippen LogP) is 5.59. The number of aryl methyl sites for hydroxylation is 1. The van der Waals surface area contributed by atoms with Gasteiger partial charge in [0, 0.05) is 26.6 Å². The summed E-state index contributed by atoms with van der Waals surface area (Å²) in [4.78, 5) is 23.7. The molecule has 3 heterocycles. The van der Waals surface area contributed by atoms with E-state index in [9.17, 15) is 5.11 Å². The first kappa shape index (κ1) is 27.1. The van der Waals surface area contributed by atoms with E-state index in [-0.39, 0.29) is 12.6 Å². The third-order valence-corrected chi connectivity index (χ3v) is 8.19. The maximum atomic E-state index is 9.24. The van der Waals surface area contributed by atoms with Crippen molar-refractivity contribution in [3.05, 3.63) is 70.1 Å². The van der Waals surface area contributed by atoms with Crippen LogP contribution in [-0.2, 0) is 18.1 Å². The molecule has 0 saturated carbocycles. The lowest BCUT2D eigenvalue weighted by Crippen LogP contribution is -2.23. The van der Waals surface area contributed by atoms with Gasteiger partial charge in [-0.05, 0) is 31.2 Å². The molecule has 3 aromatic heterocycles. The van der Waals surface area contributed by atoms with Gasteiger partial charge in [-0.15, -0.1) is 0 Å². The number of hydrogen-bond donors (Lipinski definition) is 1. The molecule has 0 saturated heterocycles. The van der Waals surface area contributed by atoms with Crippen LogP contribution in [0.25, 0.3) is 10.6 Å². The van der Waals surface area contributed by atoms with E-state index < -0.39 is 8.07 Å². The van der Waals surface area contributed by atoms with E-state index in [1.54, 1.807) is 12.1 Å². The van der Waals surface area contributed by atoms with Crippen LogP contribution in [-0.4, -0.2) is 44.3 Å². The number of hydrogen-bond acceptors (Lipinski definition) is 9. The van der Waals surface area contributed by atoms with Crippen molar-refractivity contribution < 1.29 is 14.6 Å². The molecular formula is C25H29ClN6O3SSi. The van der Waals surface area contributed by atoms with Crippen LogP contribution in [0.15, 0.2) is 53.9 Å². The number of nitrogens with zero attached hydrogens (tertiary/aromatic N) is 6. The maximum Gasteiger partial charge on any atom is 0.322 e. The predicted molar refractivity (Wildman–Crippen MR) is 147 cm³/mol. The van der Waals surface area contributed by atoms with E-state index in [0.717, 1.165) is 16.6 Å². The van der Waals surface area contributed by atoms with Crippen LogP contribution in [0.1, 0.15) is 11.4 Å².